The van der Waals surface area contributed by atoms with Gasteiger partial charge in [0.15, 0.2) is 0 Å². The molecule has 0 bridgehead atoms. The normalized spacial score (nSPS) is 19.0. The number of nitrogens with zero attached hydrogens (tertiary/aromatic N) is 4. The first-order chi connectivity index (χ1) is 14.8. The number of aldehydes is 1. The Morgan fingerprint density at radius 3 is 2.32 bits per heavy atom. The van der Waals surface area contributed by atoms with E-state index in [0.29, 0.717) is 6.54 Å². The van der Waals surface area contributed by atoms with Gasteiger partial charge in [-0.05, 0) is 58.2 Å². The van der Waals surface area contributed by atoms with Crippen molar-refractivity contribution in [3.05, 3.63) is 50.9 Å². The number of aliphatic imine (C=N–C) groups is 1. The lowest BCUT2D eigenvalue weighted by atomic mass is 10.00. The van der Waals surface area contributed by atoms with E-state index in [4.69, 9.17) is 26.5 Å². The fourth-order valence-electron chi connectivity index (χ4n) is 3.44. The molecular weight excluding hydrogens is 432 g/mol. The molecule has 1 unspecified atom stereocenters. The molecule has 1 aromatic heterocycles. The minimum Gasteiger partial charge on any atom is -0.393 e. The smallest absolute Gasteiger partial charge is 0.143 e. The fraction of sp³-hybridized carbons (Fsp3) is 0.435. The van der Waals surface area contributed by atoms with Gasteiger partial charge in [0.05, 0.1) is 18.4 Å². The van der Waals surface area contributed by atoms with E-state index >= 15 is 0 Å². The van der Waals surface area contributed by atoms with Crippen LogP contribution in [0.2, 0.25) is 5.02 Å². The van der Waals surface area contributed by atoms with Crippen molar-refractivity contribution in [2.24, 2.45) is 10.1 Å². The van der Waals surface area contributed by atoms with Crippen LogP contribution >= 0.6 is 22.9 Å². The van der Waals surface area contributed by atoms with Crippen molar-refractivity contribution < 1.29 is 9.90 Å². The molecule has 2 aliphatic heterocycles. The Hall–Kier alpha value is -2.22. The molecular formula is C23H29ClN4O2S. The highest BCUT2D eigenvalue weighted by Crippen LogP contribution is 2.41. The molecule has 8 heteroatoms. The second-order valence-corrected chi connectivity index (χ2v) is 9.34. The third-order valence-electron chi connectivity index (χ3n) is 5.28. The van der Waals surface area contributed by atoms with E-state index in [1.54, 1.807) is 0 Å². The molecule has 1 aromatic carbocycles. The van der Waals surface area contributed by atoms with Gasteiger partial charge in [0, 0.05) is 28.1 Å². The van der Waals surface area contributed by atoms with E-state index < -0.39 is 0 Å². The third-order valence-corrected chi connectivity index (χ3v) is 6.74. The van der Waals surface area contributed by atoms with E-state index in [1.165, 1.54) is 27.9 Å². The molecule has 1 fully saturated rings. The Bertz CT molecular complexity index is 996. The first-order valence-corrected chi connectivity index (χ1v) is 11.5. The van der Waals surface area contributed by atoms with Crippen molar-refractivity contribution in [3.8, 4) is 0 Å². The number of carbonyl (C=O) groups excluding carboxylic acids is 1. The van der Waals surface area contributed by atoms with Gasteiger partial charge in [-0.2, -0.15) is 5.10 Å². The monoisotopic (exact) mass is 460 g/mol. The average molecular weight is 461 g/mol. The van der Waals surface area contributed by atoms with Crippen LogP contribution in [0.15, 0.2) is 34.4 Å². The number of aliphatic hydroxyl groups is 1. The summed E-state index contributed by atoms with van der Waals surface area (Å²) in [6, 6.07) is 7.97. The maximum Gasteiger partial charge on any atom is 0.143 e. The zero-order valence-corrected chi connectivity index (χ0v) is 20.2. The molecule has 3 heterocycles. The Balaban J connectivity index is 0.000000336. The second-order valence-electron chi connectivity index (χ2n) is 7.70. The largest absolute Gasteiger partial charge is 0.393 e. The minimum atomic E-state index is 0.0833. The molecule has 31 heavy (non-hydrogen) atoms. The van der Waals surface area contributed by atoms with Crippen LogP contribution in [-0.2, 0) is 4.79 Å². The number of hydrazone groups is 1. The van der Waals surface area contributed by atoms with Crippen molar-refractivity contribution in [1.29, 1.82) is 0 Å². The van der Waals surface area contributed by atoms with Crippen LogP contribution in [-0.4, -0.2) is 53.8 Å². The van der Waals surface area contributed by atoms with E-state index in [1.807, 2.05) is 35.5 Å². The van der Waals surface area contributed by atoms with Crippen molar-refractivity contribution in [2.45, 2.75) is 52.8 Å². The van der Waals surface area contributed by atoms with Gasteiger partial charge in [-0.3, -0.25) is 14.9 Å². The number of carbonyl (C=O) groups is 1. The van der Waals surface area contributed by atoms with Crippen molar-refractivity contribution in [1.82, 2.24) is 5.01 Å². The molecule has 1 saturated carbocycles. The lowest BCUT2D eigenvalue weighted by molar-refractivity contribution is -0.106. The number of fused-ring (bicyclic) bond motifs is 3. The lowest BCUT2D eigenvalue weighted by Gasteiger charge is -2.26. The Kier molecular flexibility index (Phi) is 7.51. The number of thiophene rings is 1. The molecule has 1 N–H and O–H groups in total. The van der Waals surface area contributed by atoms with E-state index in [0.717, 1.165) is 41.3 Å². The first-order valence-electron chi connectivity index (χ1n) is 10.3. The number of halogens is 1. The van der Waals surface area contributed by atoms with Gasteiger partial charge in [-0.15, -0.1) is 11.3 Å². The summed E-state index contributed by atoms with van der Waals surface area (Å²) in [7, 11) is 2.02. The van der Waals surface area contributed by atoms with Crippen LogP contribution in [0.1, 0.15) is 48.3 Å². The molecule has 1 atom stereocenters. The van der Waals surface area contributed by atoms with Gasteiger partial charge < -0.3 is 9.90 Å². The topological polar surface area (TPSA) is 68.5 Å². The van der Waals surface area contributed by atoms with Gasteiger partial charge in [0.2, 0.25) is 0 Å². The van der Waals surface area contributed by atoms with Gasteiger partial charge in [-0.1, -0.05) is 23.7 Å². The summed E-state index contributed by atoms with van der Waals surface area (Å²) in [5.74, 6) is 1.03. The number of aliphatic hydroxyl groups excluding tert-OH is 1. The number of amidine groups is 1. The van der Waals surface area contributed by atoms with Crippen molar-refractivity contribution >= 4 is 45.8 Å². The fourth-order valence-corrected chi connectivity index (χ4v) is 4.81. The summed E-state index contributed by atoms with van der Waals surface area (Å²) in [6.45, 7) is 8.56. The van der Waals surface area contributed by atoms with Crippen molar-refractivity contribution in [3.63, 3.8) is 0 Å². The zero-order valence-electron chi connectivity index (χ0n) is 18.6. The maximum absolute atomic E-state index is 8.81. The number of anilines is 1. The minimum absolute atomic E-state index is 0.0833. The molecule has 3 aliphatic rings. The molecule has 0 spiro atoms. The quantitative estimate of drug-likeness (QED) is 0.630. The summed E-state index contributed by atoms with van der Waals surface area (Å²) >= 11 is 7.89. The predicted octanol–water partition coefficient (Wildman–Crippen LogP) is 4.63. The summed E-state index contributed by atoms with van der Waals surface area (Å²) in [5, 5.41) is 16.8. The van der Waals surface area contributed by atoms with Crippen LogP contribution in [0.5, 0.6) is 0 Å². The highest BCUT2D eigenvalue weighted by molar-refractivity contribution is 7.17. The molecule has 0 radical (unpaired) electrons. The first kappa shape index (κ1) is 23.4. The second kappa shape index (κ2) is 9.94. The summed E-state index contributed by atoms with van der Waals surface area (Å²) in [4.78, 5) is 17.4. The molecule has 2 aromatic rings. The number of hydrogen-bond donors (Lipinski definition) is 1. The standard InChI is InChI=1S/C18H19ClN4S.C3H6O.C2H4O/c1-10-11(2)24-18-16(10)17(13-5-7-14(19)8-6-13)20-9-15-22(4)21-12(3)23(15)18;4-3-1-2-3;1-2-3/h5-8,15H,9H2,1-4H3;3-4H,1-2H2;2H,1H3. The molecule has 0 saturated heterocycles. The number of likely N-dealkylation sites (N-methyl/N-ethyl adjacent to an activating group) is 1. The van der Waals surface area contributed by atoms with Gasteiger partial charge >= 0.3 is 0 Å². The van der Waals surface area contributed by atoms with E-state index in [9.17, 15) is 0 Å². The Labute approximate surface area is 192 Å². The van der Waals surface area contributed by atoms with Crippen LogP contribution in [0, 0.1) is 13.8 Å². The predicted molar refractivity (Wildman–Crippen MR) is 130 cm³/mol. The summed E-state index contributed by atoms with van der Waals surface area (Å²) < 4.78 is 0. The van der Waals surface area contributed by atoms with Gasteiger partial charge in [-0.25, -0.2) is 0 Å². The highest BCUT2D eigenvalue weighted by Gasteiger charge is 2.37. The zero-order chi connectivity index (χ0) is 22.7. The van der Waals surface area contributed by atoms with Crippen LogP contribution < -0.4 is 4.90 Å². The van der Waals surface area contributed by atoms with Crippen LogP contribution in [0.3, 0.4) is 0 Å². The highest BCUT2D eigenvalue weighted by atomic mass is 35.5. The van der Waals surface area contributed by atoms with Crippen LogP contribution in [0.25, 0.3) is 0 Å². The third kappa shape index (κ3) is 5.17. The van der Waals surface area contributed by atoms with E-state index in [-0.39, 0.29) is 12.3 Å². The average Bonchev–Trinajstić information content (AvgIpc) is 3.42. The lowest BCUT2D eigenvalue weighted by Crippen LogP contribution is -2.41. The Morgan fingerprint density at radius 2 is 1.77 bits per heavy atom. The molecule has 6 nitrogen and oxygen atoms in total. The molecule has 0 amide bonds. The van der Waals surface area contributed by atoms with Gasteiger partial charge in [0.1, 0.15) is 23.3 Å². The summed E-state index contributed by atoms with van der Waals surface area (Å²) in [5.41, 5.74) is 4.69. The molecule has 166 valence electrons. The van der Waals surface area contributed by atoms with E-state index in [2.05, 4.69) is 42.9 Å². The molecule has 1 aliphatic carbocycles. The number of benzene rings is 1. The van der Waals surface area contributed by atoms with Crippen LogP contribution in [0.4, 0.5) is 5.00 Å². The summed E-state index contributed by atoms with van der Waals surface area (Å²) in [6.07, 6.45) is 3.06. The number of hydrogen-bond acceptors (Lipinski definition) is 7. The number of aryl methyl sites for hydroxylation is 1. The Morgan fingerprint density at radius 1 is 1.19 bits per heavy atom. The van der Waals surface area contributed by atoms with Crippen molar-refractivity contribution in [2.75, 3.05) is 18.5 Å². The molecule has 5 rings (SSSR count). The maximum atomic E-state index is 8.81. The van der Waals surface area contributed by atoms with Gasteiger partial charge in [0.25, 0.3) is 0 Å². The number of rotatable bonds is 1. The SMILES string of the molecule is CC1=NN(C)C2CN=C(c3ccc(Cl)cc3)c3c(sc(C)c3C)N12.CC=O.OC1CC1.